The van der Waals surface area contributed by atoms with Gasteiger partial charge in [0.05, 0.1) is 0 Å². The second-order valence-electron chi connectivity index (χ2n) is 7.64. The molecule has 2 atom stereocenters. The van der Waals surface area contributed by atoms with Crippen LogP contribution in [0.2, 0.25) is 0 Å². The minimum Gasteiger partial charge on any atom is -0.354 e. The zero-order valence-corrected chi connectivity index (χ0v) is 22.0. The van der Waals surface area contributed by atoms with E-state index in [-0.39, 0.29) is 35.8 Å². The fraction of sp³-hybridized carbons (Fsp3) is 0.652. The summed E-state index contributed by atoms with van der Waals surface area (Å²) in [7, 11) is 1.79. The molecule has 0 aliphatic rings. The second-order valence-corrected chi connectivity index (χ2v) is 7.64. The van der Waals surface area contributed by atoms with Crippen LogP contribution in [0.4, 0.5) is 5.69 Å². The smallest absolute Gasteiger partial charge is 0.227 e. The molecule has 0 spiro atoms. The topological polar surface area (TPSA) is 68.8 Å². The van der Waals surface area contributed by atoms with Gasteiger partial charge in [-0.05, 0) is 63.5 Å². The molecule has 172 valence electrons. The highest BCUT2D eigenvalue weighted by Gasteiger charge is 2.11. The summed E-state index contributed by atoms with van der Waals surface area (Å²) in [6.45, 7) is 14.6. The maximum Gasteiger partial charge on any atom is 0.227 e. The summed E-state index contributed by atoms with van der Waals surface area (Å²) in [5.41, 5.74) is 1.94. The summed E-state index contributed by atoms with van der Waals surface area (Å²) in [4.78, 5) is 18.9. The number of rotatable bonds is 12. The summed E-state index contributed by atoms with van der Waals surface area (Å²) in [5.74, 6) is 0.881. The van der Waals surface area contributed by atoms with Crippen molar-refractivity contribution in [3.63, 3.8) is 0 Å². The highest BCUT2D eigenvalue weighted by Crippen LogP contribution is 2.13. The number of amides is 1. The molecule has 0 aromatic heterocycles. The lowest BCUT2D eigenvalue weighted by Crippen LogP contribution is -2.42. The molecule has 6 nitrogen and oxygen atoms in total. The Morgan fingerprint density at radius 1 is 1.17 bits per heavy atom. The summed E-state index contributed by atoms with van der Waals surface area (Å²) in [6.07, 6.45) is 3.11. The van der Waals surface area contributed by atoms with Crippen LogP contribution in [0.25, 0.3) is 0 Å². The lowest BCUT2D eigenvalue weighted by Gasteiger charge is -2.21. The van der Waals surface area contributed by atoms with Crippen LogP contribution in [0.15, 0.2) is 29.3 Å². The number of aliphatic imine (C=N–C) groups is 1. The van der Waals surface area contributed by atoms with Crippen molar-refractivity contribution < 1.29 is 4.79 Å². The van der Waals surface area contributed by atoms with Crippen LogP contribution in [0.5, 0.6) is 0 Å². The molecule has 1 aromatic carbocycles. The van der Waals surface area contributed by atoms with E-state index in [1.165, 1.54) is 6.42 Å². The Hall–Kier alpha value is -1.35. The monoisotopic (exact) mass is 531 g/mol. The average molecular weight is 532 g/mol. The predicted octanol–water partition coefficient (Wildman–Crippen LogP) is 4.46. The third-order valence-corrected chi connectivity index (χ3v) is 5.33. The molecule has 0 bridgehead atoms. The van der Waals surface area contributed by atoms with Crippen molar-refractivity contribution in [2.24, 2.45) is 10.9 Å². The molecule has 0 aliphatic carbocycles. The molecule has 7 heteroatoms. The molecule has 3 N–H and O–H groups in total. The quantitative estimate of drug-likeness (QED) is 0.212. The Bertz CT molecular complexity index is 634. The normalized spacial score (nSPS) is 13.4. The Balaban J connectivity index is 0.00000841. The van der Waals surface area contributed by atoms with E-state index >= 15 is 0 Å². The fourth-order valence-corrected chi connectivity index (χ4v) is 3.06. The summed E-state index contributed by atoms with van der Waals surface area (Å²) < 4.78 is 0. The van der Waals surface area contributed by atoms with Crippen molar-refractivity contribution in [3.05, 3.63) is 29.8 Å². The molecular formula is C23H42IN5O. The Kier molecular flexibility index (Phi) is 15.6. The number of hydrogen-bond donors (Lipinski definition) is 3. The van der Waals surface area contributed by atoms with Gasteiger partial charge in [-0.3, -0.25) is 9.79 Å². The number of guanidine groups is 1. The maximum atomic E-state index is 12.1. The number of carbonyl (C=O) groups is 1. The molecule has 0 saturated heterocycles. The Labute approximate surface area is 200 Å². The Morgan fingerprint density at radius 3 is 2.47 bits per heavy atom. The maximum absolute atomic E-state index is 12.1. The minimum atomic E-state index is 0. The highest BCUT2D eigenvalue weighted by atomic mass is 127. The van der Waals surface area contributed by atoms with E-state index in [9.17, 15) is 4.79 Å². The Morgan fingerprint density at radius 2 is 1.87 bits per heavy atom. The molecule has 0 aliphatic heterocycles. The number of anilines is 1. The van der Waals surface area contributed by atoms with Crippen molar-refractivity contribution in [2.75, 3.05) is 32.0 Å². The number of nitrogens with zero attached hydrogens (tertiary/aromatic N) is 2. The third kappa shape index (κ3) is 11.2. The van der Waals surface area contributed by atoms with Crippen molar-refractivity contribution in [1.82, 2.24) is 15.5 Å². The van der Waals surface area contributed by atoms with Gasteiger partial charge >= 0.3 is 0 Å². The first-order chi connectivity index (χ1) is 13.9. The van der Waals surface area contributed by atoms with Gasteiger partial charge in [0.1, 0.15) is 0 Å². The van der Waals surface area contributed by atoms with Gasteiger partial charge in [-0.15, -0.1) is 24.0 Å². The van der Waals surface area contributed by atoms with Crippen molar-refractivity contribution in [1.29, 1.82) is 0 Å². The van der Waals surface area contributed by atoms with Gasteiger partial charge in [0.25, 0.3) is 0 Å². The zero-order valence-electron chi connectivity index (χ0n) is 19.6. The van der Waals surface area contributed by atoms with Crippen LogP contribution in [-0.2, 0) is 11.3 Å². The predicted molar refractivity (Wildman–Crippen MR) is 140 cm³/mol. The van der Waals surface area contributed by atoms with E-state index in [0.717, 1.165) is 49.7 Å². The molecule has 0 heterocycles. The average Bonchev–Trinajstić information content (AvgIpc) is 2.73. The standard InChI is InChI=1S/C23H41N5O.HI/c1-7-18(4)22(29)27-21-14-10-13-20(16-21)17-25-23(24-6)26-19(5)12-11-15-28(8-2)9-3;/h10,13-14,16,18-19H,7-9,11-12,15,17H2,1-6H3,(H,27,29)(H2,24,25,26);1H. The van der Waals surface area contributed by atoms with Crippen molar-refractivity contribution in [2.45, 2.75) is 66.5 Å². The zero-order chi connectivity index (χ0) is 21.6. The summed E-state index contributed by atoms with van der Waals surface area (Å²) >= 11 is 0. The molecule has 0 saturated carbocycles. The van der Waals surface area contributed by atoms with Gasteiger partial charge in [0.2, 0.25) is 5.91 Å². The van der Waals surface area contributed by atoms with Gasteiger partial charge in [0.15, 0.2) is 5.96 Å². The lowest BCUT2D eigenvalue weighted by molar-refractivity contribution is -0.119. The molecule has 1 amide bonds. The molecule has 1 rings (SSSR count). The summed E-state index contributed by atoms with van der Waals surface area (Å²) in [6, 6.07) is 8.31. The van der Waals surface area contributed by atoms with Gasteiger partial charge < -0.3 is 20.9 Å². The van der Waals surface area contributed by atoms with Crippen LogP contribution < -0.4 is 16.0 Å². The van der Waals surface area contributed by atoms with E-state index in [1.807, 2.05) is 38.1 Å². The van der Waals surface area contributed by atoms with Crippen molar-refractivity contribution >= 4 is 41.5 Å². The van der Waals surface area contributed by atoms with Gasteiger partial charge in [-0.2, -0.15) is 0 Å². The van der Waals surface area contributed by atoms with Gasteiger partial charge in [-0.25, -0.2) is 0 Å². The first kappa shape index (κ1) is 28.6. The fourth-order valence-electron chi connectivity index (χ4n) is 3.06. The van der Waals surface area contributed by atoms with Crippen molar-refractivity contribution in [3.8, 4) is 0 Å². The van der Waals surface area contributed by atoms with Gasteiger partial charge in [0, 0.05) is 31.2 Å². The number of carbonyl (C=O) groups excluding carboxylic acids is 1. The number of hydrogen-bond acceptors (Lipinski definition) is 3. The molecule has 30 heavy (non-hydrogen) atoms. The van der Waals surface area contributed by atoms with Crippen LogP contribution in [0.3, 0.4) is 0 Å². The number of halogens is 1. The first-order valence-electron chi connectivity index (χ1n) is 11.0. The molecular weight excluding hydrogens is 489 g/mol. The van der Waals surface area contributed by atoms with E-state index < -0.39 is 0 Å². The van der Waals surface area contributed by atoms with E-state index in [1.54, 1.807) is 7.05 Å². The van der Waals surface area contributed by atoms with E-state index in [4.69, 9.17) is 0 Å². The van der Waals surface area contributed by atoms with E-state index in [2.05, 4.69) is 46.6 Å². The van der Waals surface area contributed by atoms with Gasteiger partial charge in [-0.1, -0.05) is 39.8 Å². The molecule has 2 unspecified atom stereocenters. The lowest BCUT2D eigenvalue weighted by atomic mass is 10.1. The highest BCUT2D eigenvalue weighted by molar-refractivity contribution is 14.0. The number of nitrogens with one attached hydrogen (secondary N) is 3. The number of benzene rings is 1. The third-order valence-electron chi connectivity index (χ3n) is 5.33. The van der Waals surface area contributed by atoms with Crippen LogP contribution in [-0.4, -0.2) is 49.5 Å². The van der Waals surface area contributed by atoms with Crippen LogP contribution in [0, 0.1) is 5.92 Å². The second kappa shape index (κ2) is 16.4. The largest absolute Gasteiger partial charge is 0.354 e. The molecule has 0 radical (unpaired) electrons. The molecule has 1 aromatic rings. The summed E-state index contributed by atoms with van der Waals surface area (Å²) in [5, 5.41) is 9.83. The SMILES string of the molecule is CCC(C)C(=O)Nc1cccc(CNC(=NC)NC(C)CCCN(CC)CC)c1.I. The minimum absolute atomic E-state index is 0. The van der Waals surface area contributed by atoms with Crippen LogP contribution >= 0.6 is 24.0 Å². The molecule has 0 fully saturated rings. The van der Waals surface area contributed by atoms with Crippen LogP contribution in [0.1, 0.15) is 59.4 Å². The van der Waals surface area contributed by atoms with E-state index in [0.29, 0.717) is 12.6 Å². The first-order valence-corrected chi connectivity index (χ1v) is 11.0.